The van der Waals surface area contributed by atoms with Crippen molar-refractivity contribution in [3.8, 4) is 11.1 Å². The quantitative estimate of drug-likeness (QED) is 0.474. The molecule has 0 bridgehead atoms. The molecule has 8 heteroatoms. The summed E-state index contributed by atoms with van der Waals surface area (Å²) in [6, 6.07) is 8.97. The van der Waals surface area contributed by atoms with Gasteiger partial charge in [0.25, 0.3) is 0 Å². The van der Waals surface area contributed by atoms with E-state index in [0.717, 1.165) is 5.56 Å². The molecule has 2 heterocycles. The third-order valence-electron chi connectivity index (χ3n) is 3.96. The maximum Gasteiger partial charge on any atom is 0.308 e. The first-order chi connectivity index (χ1) is 12.9. The predicted octanol–water partition coefficient (Wildman–Crippen LogP) is 4.70. The molecule has 0 aliphatic rings. The van der Waals surface area contributed by atoms with Gasteiger partial charge in [-0.1, -0.05) is 55.2 Å². The first-order valence-electron chi connectivity index (χ1n) is 8.59. The Morgan fingerprint density at radius 3 is 2.67 bits per heavy atom. The molecule has 27 heavy (non-hydrogen) atoms. The van der Waals surface area contributed by atoms with Gasteiger partial charge in [-0.2, -0.15) is 9.61 Å². The van der Waals surface area contributed by atoms with Crippen molar-refractivity contribution in [1.29, 1.82) is 0 Å². The molecule has 3 aromatic rings. The molecular weight excluding hydrogens is 387 g/mol. The summed E-state index contributed by atoms with van der Waals surface area (Å²) in [5, 5.41) is 8.54. The van der Waals surface area contributed by atoms with Gasteiger partial charge in [-0.15, -0.1) is 0 Å². The Morgan fingerprint density at radius 1 is 1.22 bits per heavy atom. The van der Waals surface area contributed by atoms with Crippen molar-refractivity contribution >= 4 is 40.6 Å². The number of esters is 1. The average Bonchev–Trinajstić information content (AvgIpc) is 3.09. The molecule has 1 atom stereocenters. The summed E-state index contributed by atoms with van der Waals surface area (Å²) < 4.78 is 6.98. The van der Waals surface area contributed by atoms with Gasteiger partial charge < -0.3 is 10.1 Å². The van der Waals surface area contributed by atoms with Crippen LogP contribution in [0.5, 0.6) is 0 Å². The number of nitrogens with one attached hydrogen (secondary N) is 1. The third kappa shape index (κ3) is 4.17. The Morgan fingerprint density at radius 2 is 1.96 bits per heavy atom. The van der Waals surface area contributed by atoms with Crippen LogP contribution in [-0.2, 0) is 9.53 Å². The molecule has 1 aromatic carbocycles. The summed E-state index contributed by atoms with van der Waals surface area (Å²) in [6.45, 7) is 5.72. The molecular formula is C19H20Cl2N4O2. The molecule has 0 saturated carbocycles. The average molecular weight is 407 g/mol. The second kappa shape index (κ2) is 8.15. The SMILES string of the molecule is CC(COC(=O)C(C)C)Nc1c(-c2ccccc2Cl)c(Cl)nc2ccnn12. The van der Waals surface area contributed by atoms with Gasteiger partial charge in [-0.05, 0) is 13.0 Å². The summed E-state index contributed by atoms with van der Waals surface area (Å²) in [7, 11) is 0. The van der Waals surface area contributed by atoms with Crippen molar-refractivity contribution in [2.75, 3.05) is 11.9 Å². The fourth-order valence-corrected chi connectivity index (χ4v) is 3.11. The maximum absolute atomic E-state index is 11.7. The van der Waals surface area contributed by atoms with Crippen LogP contribution in [-0.4, -0.2) is 33.2 Å². The Hall–Kier alpha value is -2.31. The Labute approximate surface area is 167 Å². The number of anilines is 1. The number of hydrogen-bond acceptors (Lipinski definition) is 5. The highest BCUT2D eigenvalue weighted by Gasteiger charge is 2.20. The van der Waals surface area contributed by atoms with Crippen LogP contribution in [0.1, 0.15) is 20.8 Å². The minimum atomic E-state index is -0.244. The van der Waals surface area contributed by atoms with Crippen molar-refractivity contribution in [1.82, 2.24) is 14.6 Å². The summed E-state index contributed by atoms with van der Waals surface area (Å²) in [6.07, 6.45) is 1.64. The van der Waals surface area contributed by atoms with Gasteiger partial charge in [0, 0.05) is 16.7 Å². The molecule has 1 unspecified atom stereocenters. The molecule has 0 aliphatic heterocycles. The minimum absolute atomic E-state index is 0.177. The lowest BCUT2D eigenvalue weighted by Gasteiger charge is -2.20. The molecule has 0 radical (unpaired) electrons. The van der Waals surface area contributed by atoms with Gasteiger partial charge >= 0.3 is 5.97 Å². The number of nitrogens with zero attached hydrogens (tertiary/aromatic N) is 3. The Bertz CT molecular complexity index is 971. The standard InChI is InChI=1S/C19H20Cl2N4O2/c1-11(2)19(26)27-10-12(3)23-18-16(13-6-4-5-7-14(13)20)17(21)24-15-8-9-22-25(15)18/h4-9,11-12,23H,10H2,1-3H3. The van der Waals surface area contributed by atoms with Crippen molar-refractivity contribution in [3.63, 3.8) is 0 Å². The molecule has 142 valence electrons. The second-order valence-electron chi connectivity index (χ2n) is 6.54. The minimum Gasteiger partial charge on any atom is -0.463 e. The molecule has 0 spiro atoms. The first kappa shape index (κ1) is 19.5. The smallest absolute Gasteiger partial charge is 0.308 e. The highest BCUT2D eigenvalue weighted by Crippen LogP contribution is 2.38. The molecule has 6 nitrogen and oxygen atoms in total. The molecule has 0 fully saturated rings. The van der Waals surface area contributed by atoms with Gasteiger partial charge in [0.1, 0.15) is 17.6 Å². The number of halogens is 2. The summed E-state index contributed by atoms with van der Waals surface area (Å²) >= 11 is 12.9. The van der Waals surface area contributed by atoms with E-state index in [2.05, 4.69) is 15.4 Å². The van der Waals surface area contributed by atoms with E-state index in [1.165, 1.54) is 0 Å². The Kier molecular flexibility index (Phi) is 5.87. The Balaban J connectivity index is 2.00. The van der Waals surface area contributed by atoms with Crippen LogP contribution < -0.4 is 5.32 Å². The van der Waals surface area contributed by atoms with Crippen LogP contribution in [0.3, 0.4) is 0 Å². The zero-order chi connectivity index (χ0) is 19.6. The van der Waals surface area contributed by atoms with Crippen molar-refractivity contribution < 1.29 is 9.53 Å². The van der Waals surface area contributed by atoms with Gasteiger partial charge in [-0.3, -0.25) is 4.79 Å². The van der Waals surface area contributed by atoms with E-state index in [1.807, 2.05) is 25.1 Å². The molecule has 0 aliphatic carbocycles. The summed E-state index contributed by atoms with van der Waals surface area (Å²) in [4.78, 5) is 16.1. The molecule has 3 rings (SSSR count). The van der Waals surface area contributed by atoms with E-state index in [4.69, 9.17) is 27.9 Å². The number of ether oxygens (including phenoxy) is 1. The van der Waals surface area contributed by atoms with Crippen LogP contribution in [0.25, 0.3) is 16.8 Å². The van der Waals surface area contributed by atoms with Crippen LogP contribution in [0.4, 0.5) is 5.82 Å². The van der Waals surface area contributed by atoms with E-state index in [1.54, 1.807) is 36.7 Å². The molecule has 0 amide bonds. The van der Waals surface area contributed by atoms with Crippen LogP contribution in [0.15, 0.2) is 36.5 Å². The second-order valence-corrected chi connectivity index (χ2v) is 7.30. The maximum atomic E-state index is 11.7. The van der Waals surface area contributed by atoms with E-state index in [-0.39, 0.29) is 24.5 Å². The molecule has 2 aromatic heterocycles. The lowest BCUT2D eigenvalue weighted by atomic mass is 10.1. The van der Waals surface area contributed by atoms with Crippen LogP contribution >= 0.6 is 23.2 Å². The number of hydrogen-bond donors (Lipinski definition) is 1. The normalized spacial score (nSPS) is 12.4. The number of carbonyl (C=O) groups is 1. The topological polar surface area (TPSA) is 68.5 Å². The van der Waals surface area contributed by atoms with Gasteiger partial charge in [-0.25, -0.2) is 4.98 Å². The third-order valence-corrected chi connectivity index (χ3v) is 4.57. The zero-order valence-electron chi connectivity index (χ0n) is 15.2. The number of carbonyl (C=O) groups excluding carboxylic acids is 1. The lowest BCUT2D eigenvalue weighted by molar-refractivity contribution is -0.147. The van der Waals surface area contributed by atoms with E-state index in [9.17, 15) is 4.79 Å². The molecule has 1 N–H and O–H groups in total. The van der Waals surface area contributed by atoms with Crippen molar-refractivity contribution in [2.24, 2.45) is 5.92 Å². The van der Waals surface area contributed by atoms with Crippen molar-refractivity contribution in [3.05, 3.63) is 46.7 Å². The van der Waals surface area contributed by atoms with Gasteiger partial charge in [0.05, 0.1) is 23.7 Å². The molecule has 0 saturated heterocycles. The zero-order valence-corrected chi connectivity index (χ0v) is 16.8. The fourth-order valence-electron chi connectivity index (χ4n) is 2.60. The number of fused-ring (bicyclic) bond motifs is 1. The van der Waals surface area contributed by atoms with Crippen molar-refractivity contribution in [2.45, 2.75) is 26.8 Å². The summed E-state index contributed by atoms with van der Waals surface area (Å²) in [5.74, 6) is 0.215. The number of rotatable bonds is 6. The fraction of sp³-hybridized carbons (Fsp3) is 0.316. The van der Waals surface area contributed by atoms with E-state index >= 15 is 0 Å². The highest BCUT2D eigenvalue weighted by atomic mass is 35.5. The van der Waals surface area contributed by atoms with Crippen LogP contribution in [0.2, 0.25) is 10.2 Å². The summed E-state index contributed by atoms with van der Waals surface area (Å²) in [5.41, 5.74) is 1.98. The number of aromatic nitrogens is 3. The predicted molar refractivity (Wildman–Crippen MR) is 107 cm³/mol. The lowest BCUT2D eigenvalue weighted by Crippen LogP contribution is -2.27. The monoisotopic (exact) mass is 406 g/mol. The van der Waals surface area contributed by atoms with E-state index in [0.29, 0.717) is 27.2 Å². The van der Waals surface area contributed by atoms with Crippen LogP contribution in [0, 0.1) is 5.92 Å². The largest absolute Gasteiger partial charge is 0.463 e. The van der Waals surface area contributed by atoms with Gasteiger partial charge in [0.2, 0.25) is 0 Å². The van der Waals surface area contributed by atoms with Gasteiger partial charge in [0.15, 0.2) is 5.65 Å². The highest BCUT2D eigenvalue weighted by molar-refractivity contribution is 6.36. The van der Waals surface area contributed by atoms with E-state index < -0.39 is 0 Å². The number of benzene rings is 1. The first-order valence-corrected chi connectivity index (χ1v) is 9.35.